The Bertz CT molecular complexity index is 497. The van der Waals surface area contributed by atoms with Crippen LogP contribution < -0.4 is 10.5 Å². The number of hydrogen-bond donors (Lipinski definition) is 2. The molecule has 5 nitrogen and oxygen atoms in total. The predicted molar refractivity (Wildman–Crippen MR) is 55.5 cm³/mol. The van der Waals surface area contributed by atoms with Gasteiger partial charge in [0.2, 0.25) is 10.0 Å². The Morgan fingerprint density at radius 1 is 1.47 bits per heavy atom. The fraction of sp³-hybridized carbons (Fsp3) is 0.429. The SMILES string of the molecule is NCc1cc(S(=O)(=O)NCC(F)(F)F)c(Br)o1. The van der Waals surface area contributed by atoms with Crippen molar-refractivity contribution >= 4 is 26.0 Å². The van der Waals surface area contributed by atoms with E-state index in [0.717, 1.165) is 6.07 Å². The van der Waals surface area contributed by atoms with E-state index in [-0.39, 0.29) is 17.0 Å². The second kappa shape index (κ2) is 4.96. The van der Waals surface area contributed by atoms with Gasteiger partial charge in [-0.25, -0.2) is 13.1 Å². The van der Waals surface area contributed by atoms with Crippen LogP contribution in [0.2, 0.25) is 0 Å². The molecule has 0 atom stereocenters. The number of rotatable bonds is 4. The molecular weight excluding hydrogens is 329 g/mol. The monoisotopic (exact) mass is 336 g/mol. The van der Waals surface area contributed by atoms with E-state index < -0.39 is 27.6 Å². The highest BCUT2D eigenvalue weighted by Crippen LogP contribution is 2.26. The summed E-state index contributed by atoms with van der Waals surface area (Å²) in [5.41, 5.74) is 5.21. The van der Waals surface area contributed by atoms with Crippen LogP contribution in [0.4, 0.5) is 13.2 Å². The third kappa shape index (κ3) is 3.98. The Hall–Kier alpha value is -0.580. The summed E-state index contributed by atoms with van der Waals surface area (Å²) in [6.45, 7) is -1.71. The first-order chi connectivity index (χ1) is 7.65. The van der Waals surface area contributed by atoms with Gasteiger partial charge in [-0.05, 0) is 15.9 Å². The van der Waals surface area contributed by atoms with Crippen LogP contribution in [0, 0.1) is 0 Å². The largest absolute Gasteiger partial charge is 0.452 e. The third-order valence-electron chi connectivity index (χ3n) is 1.66. The maximum absolute atomic E-state index is 11.9. The van der Waals surface area contributed by atoms with E-state index >= 15 is 0 Å². The molecule has 0 aromatic carbocycles. The first-order valence-electron chi connectivity index (χ1n) is 4.20. The maximum atomic E-state index is 11.9. The Morgan fingerprint density at radius 3 is 2.47 bits per heavy atom. The molecule has 10 heteroatoms. The smallest absolute Gasteiger partial charge is 0.402 e. The quantitative estimate of drug-likeness (QED) is 0.868. The Morgan fingerprint density at radius 2 is 2.06 bits per heavy atom. The predicted octanol–water partition coefficient (Wildman–Crippen LogP) is 1.34. The number of halogens is 4. The van der Waals surface area contributed by atoms with Gasteiger partial charge in [0.1, 0.15) is 17.2 Å². The number of sulfonamides is 1. The highest BCUT2D eigenvalue weighted by atomic mass is 79.9. The first kappa shape index (κ1) is 14.5. The Labute approximate surface area is 103 Å². The average Bonchev–Trinajstić information content (AvgIpc) is 2.57. The molecule has 0 aliphatic carbocycles. The molecule has 0 aliphatic heterocycles. The molecule has 1 rings (SSSR count). The number of nitrogens with one attached hydrogen (secondary N) is 1. The summed E-state index contributed by atoms with van der Waals surface area (Å²) in [5, 5.41) is 0. The minimum atomic E-state index is -4.63. The molecule has 0 saturated carbocycles. The van der Waals surface area contributed by atoms with Crippen molar-refractivity contribution in [3.63, 3.8) is 0 Å². The van der Waals surface area contributed by atoms with Crippen LogP contribution in [0.25, 0.3) is 0 Å². The van der Waals surface area contributed by atoms with Gasteiger partial charge in [0.15, 0.2) is 4.67 Å². The molecule has 0 amide bonds. The van der Waals surface area contributed by atoms with E-state index in [2.05, 4.69) is 15.9 Å². The molecule has 3 N–H and O–H groups in total. The van der Waals surface area contributed by atoms with E-state index in [1.54, 1.807) is 0 Å². The van der Waals surface area contributed by atoms with Crippen molar-refractivity contribution in [3.8, 4) is 0 Å². The number of nitrogens with two attached hydrogens (primary N) is 1. The molecule has 0 radical (unpaired) electrons. The molecular formula is C7H8BrF3N2O3S. The molecule has 0 spiro atoms. The minimum absolute atomic E-state index is 0.0621. The van der Waals surface area contributed by atoms with Gasteiger partial charge in [-0.15, -0.1) is 0 Å². The van der Waals surface area contributed by atoms with Crippen molar-refractivity contribution in [2.24, 2.45) is 5.73 Å². The second-order valence-corrected chi connectivity index (χ2v) is 5.45. The van der Waals surface area contributed by atoms with Crippen LogP contribution in [0.3, 0.4) is 0 Å². The molecule has 0 fully saturated rings. The summed E-state index contributed by atoms with van der Waals surface area (Å²) in [7, 11) is -4.28. The summed E-state index contributed by atoms with van der Waals surface area (Å²) in [5.74, 6) is 0.143. The minimum Gasteiger partial charge on any atom is -0.452 e. The van der Waals surface area contributed by atoms with Crippen molar-refractivity contribution in [1.29, 1.82) is 0 Å². The summed E-state index contributed by atoms with van der Waals surface area (Å²) < 4.78 is 64.7. The molecule has 17 heavy (non-hydrogen) atoms. The summed E-state index contributed by atoms with van der Waals surface area (Å²) in [4.78, 5) is -0.415. The molecule has 1 aromatic heterocycles. The van der Waals surface area contributed by atoms with Crippen LogP contribution in [0.5, 0.6) is 0 Å². The fourth-order valence-corrected chi connectivity index (χ4v) is 2.95. The van der Waals surface area contributed by atoms with Gasteiger partial charge in [-0.3, -0.25) is 0 Å². The van der Waals surface area contributed by atoms with Crippen LogP contribution in [0.1, 0.15) is 5.76 Å². The molecule has 0 unspecified atom stereocenters. The second-order valence-electron chi connectivity index (χ2n) is 2.99. The van der Waals surface area contributed by atoms with Gasteiger partial charge in [0.05, 0.1) is 6.54 Å². The van der Waals surface area contributed by atoms with Crippen molar-refractivity contribution in [3.05, 3.63) is 16.5 Å². The standard InChI is InChI=1S/C7H8BrF3N2O3S/c8-6-5(1-4(2-12)16-6)17(14,15)13-3-7(9,10)11/h1,13H,2-3,12H2. The van der Waals surface area contributed by atoms with Gasteiger partial charge in [-0.1, -0.05) is 0 Å². The lowest BCUT2D eigenvalue weighted by atomic mass is 10.5. The van der Waals surface area contributed by atoms with E-state index in [4.69, 9.17) is 10.2 Å². The van der Waals surface area contributed by atoms with Gasteiger partial charge < -0.3 is 10.2 Å². The molecule has 0 bridgehead atoms. The van der Waals surface area contributed by atoms with Crippen LogP contribution >= 0.6 is 15.9 Å². The van der Waals surface area contributed by atoms with Gasteiger partial charge in [0, 0.05) is 6.07 Å². The first-order valence-corrected chi connectivity index (χ1v) is 6.48. The Balaban J connectivity index is 2.93. The lowest BCUT2D eigenvalue weighted by Gasteiger charge is -2.07. The van der Waals surface area contributed by atoms with Crippen molar-refractivity contribution in [2.45, 2.75) is 17.6 Å². The lowest BCUT2D eigenvalue weighted by molar-refractivity contribution is -0.121. The molecule has 0 saturated heterocycles. The third-order valence-corrected chi connectivity index (χ3v) is 3.92. The van der Waals surface area contributed by atoms with Crippen LogP contribution in [0.15, 0.2) is 20.0 Å². The van der Waals surface area contributed by atoms with Gasteiger partial charge >= 0.3 is 6.18 Å². The topological polar surface area (TPSA) is 85.3 Å². The zero-order valence-corrected chi connectivity index (χ0v) is 10.6. The van der Waals surface area contributed by atoms with Crippen LogP contribution in [-0.2, 0) is 16.6 Å². The van der Waals surface area contributed by atoms with E-state index in [1.165, 1.54) is 4.72 Å². The van der Waals surface area contributed by atoms with Crippen molar-refractivity contribution in [1.82, 2.24) is 4.72 Å². The Kier molecular flexibility index (Phi) is 4.23. The van der Waals surface area contributed by atoms with Gasteiger partial charge in [0.25, 0.3) is 0 Å². The summed E-state index contributed by atoms with van der Waals surface area (Å²) in [6, 6.07) is 1.06. The summed E-state index contributed by atoms with van der Waals surface area (Å²) in [6.07, 6.45) is -4.63. The number of hydrogen-bond acceptors (Lipinski definition) is 4. The average molecular weight is 337 g/mol. The van der Waals surface area contributed by atoms with Crippen LogP contribution in [-0.4, -0.2) is 21.1 Å². The number of alkyl halides is 3. The maximum Gasteiger partial charge on any atom is 0.402 e. The number of furan rings is 1. The highest BCUT2D eigenvalue weighted by Gasteiger charge is 2.31. The molecule has 98 valence electrons. The van der Waals surface area contributed by atoms with E-state index in [0.29, 0.717) is 0 Å². The van der Waals surface area contributed by atoms with E-state index in [9.17, 15) is 21.6 Å². The fourth-order valence-electron chi connectivity index (χ4n) is 0.936. The lowest BCUT2D eigenvalue weighted by Crippen LogP contribution is -2.33. The molecule has 1 aromatic rings. The normalized spacial score (nSPS) is 13.0. The van der Waals surface area contributed by atoms with Gasteiger partial charge in [-0.2, -0.15) is 13.2 Å². The zero-order chi connectivity index (χ0) is 13.3. The van der Waals surface area contributed by atoms with E-state index in [1.807, 2.05) is 0 Å². The highest BCUT2D eigenvalue weighted by molar-refractivity contribution is 9.10. The summed E-state index contributed by atoms with van der Waals surface area (Å²) >= 11 is 2.79. The zero-order valence-electron chi connectivity index (χ0n) is 8.21. The molecule has 1 heterocycles. The molecule has 0 aliphatic rings. The van der Waals surface area contributed by atoms with Crippen molar-refractivity contribution < 1.29 is 26.0 Å². The van der Waals surface area contributed by atoms with Crippen molar-refractivity contribution in [2.75, 3.05) is 6.54 Å².